The number of carbonyl (C=O) groups excluding carboxylic acids is 1. The van der Waals surface area contributed by atoms with Crippen LogP contribution < -0.4 is 0 Å². The number of rotatable bonds is 8. The Kier molecular flexibility index (Phi) is 6.70. The van der Waals surface area contributed by atoms with E-state index >= 15 is 0 Å². The minimum atomic E-state index is -1.16. The fourth-order valence-corrected chi connectivity index (χ4v) is 3.53. The molecule has 0 saturated carbocycles. The number of aldehydes is 1. The van der Waals surface area contributed by atoms with Gasteiger partial charge in [0.05, 0.1) is 13.5 Å². The molecule has 0 fully saturated rings. The van der Waals surface area contributed by atoms with Crippen LogP contribution in [0.2, 0.25) is 19.6 Å². The Labute approximate surface area is 129 Å². The Morgan fingerprint density at radius 2 is 1.80 bits per heavy atom. The largest absolute Gasteiger partial charge is 0.302 e. The van der Waals surface area contributed by atoms with Crippen LogP contribution in [0.5, 0.6) is 0 Å². The molecule has 0 radical (unpaired) electrons. The standard InChI is InChI=1S/C17H25ClOSi/c1-20(2,3)14-8-7-11-17(15-19,12-13-18)16-9-5-4-6-10-16/h4-6,8-10,14-15H,7,11-13H2,1-3H3/b14-8-/t17-/m0/s1. The van der Waals surface area contributed by atoms with E-state index in [1.807, 2.05) is 30.3 Å². The topological polar surface area (TPSA) is 17.1 Å². The van der Waals surface area contributed by atoms with Crippen LogP contribution >= 0.6 is 11.6 Å². The number of allylic oxidation sites excluding steroid dienone is 1. The van der Waals surface area contributed by atoms with Crippen LogP contribution in [0.1, 0.15) is 24.8 Å². The molecule has 0 aromatic heterocycles. The number of halogens is 1. The summed E-state index contributed by atoms with van der Waals surface area (Å²) in [6.45, 7) is 6.94. The zero-order chi connectivity index (χ0) is 15.1. The van der Waals surface area contributed by atoms with Gasteiger partial charge in [0.1, 0.15) is 6.29 Å². The van der Waals surface area contributed by atoms with Crippen LogP contribution in [-0.2, 0) is 10.2 Å². The van der Waals surface area contributed by atoms with E-state index in [2.05, 4.69) is 31.4 Å². The lowest BCUT2D eigenvalue weighted by molar-refractivity contribution is -0.113. The van der Waals surface area contributed by atoms with Crippen LogP contribution in [0.15, 0.2) is 42.1 Å². The van der Waals surface area contributed by atoms with Gasteiger partial charge in [-0.25, -0.2) is 0 Å². The average Bonchev–Trinajstić information content (AvgIpc) is 2.42. The van der Waals surface area contributed by atoms with Gasteiger partial charge in [-0.1, -0.05) is 61.7 Å². The number of hydrogen-bond acceptors (Lipinski definition) is 1. The van der Waals surface area contributed by atoms with Crippen molar-refractivity contribution in [2.75, 3.05) is 5.88 Å². The summed E-state index contributed by atoms with van der Waals surface area (Å²) in [6, 6.07) is 10.0. The number of benzene rings is 1. The van der Waals surface area contributed by atoms with Gasteiger partial charge in [0.25, 0.3) is 0 Å². The Hall–Kier alpha value is -0.863. The lowest BCUT2D eigenvalue weighted by Gasteiger charge is -2.27. The first-order valence-electron chi connectivity index (χ1n) is 7.19. The molecule has 20 heavy (non-hydrogen) atoms. The molecule has 1 aromatic rings. The van der Waals surface area contributed by atoms with Gasteiger partial charge in [-0.2, -0.15) is 0 Å². The van der Waals surface area contributed by atoms with E-state index in [0.717, 1.165) is 24.7 Å². The van der Waals surface area contributed by atoms with Crippen molar-refractivity contribution in [2.24, 2.45) is 0 Å². The average molecular weight is 309 g/mol. The molecule has 0 aliphatic heterocycles. The molecule has 0 amide bonds. The molecule has 1 rings (SSSR count). The molecular formula is C17H25ClOSi. The van der Waals surface area contributed by atoms with Crippen molar-refractivity contribution in [1.29, 1.82) is 0 Å². The van der Waals surface area contributed by atoms with E-state index < -0.39 is 13.5 Å². The molecule has 0 heterocycles. The highest BCUT2D eigenvalue weighted by Crippen LogP contribution is 2.31. The van der Waals surface area contributed by atoms with Crippen molar-refractivity contribution in [1.82, 2.24) is 0 Å². The summed E-state index contributed by atoms with van der Waals surface area (Å²) < 4.78 is 0. The SMILES string of the molecule is C[Si](C)(C)/C=C\CC[C@@](C=O)(CCCl)c1ccccc1. The minimum Gasteiger partial charge on any atom is -0.302 e. The van der Waals surface area contributed by atoms with Gasteiger partial charge >= 0.3 is 0 Å². The molecule has 0 unspecified atom stereocenters. The maximum atomic E-state index is 11.7. The molecule has 0 aliphatic rings. The molecule has 1 atom stereocenters. The van der Waals surface area contributed by atoms with Gasteiger partial charge in [-0.3, -0.25) is 0 Å². The van der Waals surface area contributed by atoms with Gasteiger partial charge in [0.15, 0.2) is 0 Å². The fourth-order valence-electron chi connectivity index (χ4n) is 2.32. The Balaban J connectivity index is 2.85. The van der Waals surface area contributed by atoms with Crippen LogP contribution in [0.4, 0.5) is 0 Å². The third kappa shape index (κ3) is 5.26. The normalized spacial score (nSPS) is 15.2. The molecule has 1 aromatic carbocycles. The second kappa shape index (κ2) is 7.80. The quantitative estimate of drug-likeness (QED) is 0.376. The third-order valence-corrected chi connectivity index (χ3v) is 4.91. The van der Waals surface area contributed by atoms with Crippen LogP contribution in [0.3, 0.4) is 0 Å². The van der Waals surface area contributed by atoms with Crippen molar-refractivity contribution in [3.8, 4) is 0 Å². The summed E-state index contributed by atoms with van der Waals surface area (Å²) >= 11 is 5.93. The van der Waals surface area contributed by atoms with Crippen molar-refractivity contribution in [3.05, 3.63) is 47.7 Å². The van der Waals surface area contributed by atoms with Gasteiger partial charge in [0, 0.05) is 5.88 Å². The maximum Gasteiger partial charge on any atom is 0.130 e. The predicted octanol–water partition coefficient (Wildman–Crippen LogP) is 4.97. The predicted molar refractivity (Wildman–Crippen MR) is 91.2 cm³/mol. The van der Waals surface area contributed by atoms with Crippen molar-refractivity contribution in [3.63, 3.8) is 0 Å². The number of alkyl halides is 1. The summed E-state index contributed by atoms with van der Waals surface area (Å²) in [5.74, 6) is 0.505. The van der Waals surface area contributed by atoms with Gasteiger partial charge < -0.3 is 4.79 Å². The number of hydrogen-bond donors (Lipinski definition) is 0. The second-order valence-corrected chi connectivity index (χ2v) is 11.8. The van der Waals surface area contributed by atoms with Crippen molar-refractivity contribution in [2.45, 2.75) is 44.3 Å². The Morgan fingerprint density at radius 1 is 1.15 bits per heavy atom. The minimum absolute atomic E-state index is 0.438. The smallest absolute Gasteiger partial charge is 0.130 e. The lowest BCUT2D eigenvalue weighted by Crippen LogP contribution is -2.28. The second-order valence-electron chi connectivity index (χ2n) is 6.39. The molecule has 1 nitrogen and oxygen atoms in total. The van der Waals surface area contributed by atoms with E-state index in [9.17, 15) is 4.79 Å². The first-order chi connectivity index (χ1) is 9.43. The first-order valence-corrected chi connectivity index (χ1v) is 11.3. The fraction of sp³-hybridized carbons (Fsp3) is 0.471. The van der Waals surface area contributed by atoms with Crippen LogP contribution in [-0.4, -0.2) is 20.2 Å². The monoisotopic (exact) mass is 308 g/mol. The van der Waals surface area contributed by atoms with Gasteiger partial charge in [-0.15, -0.1) is 11.6 Å². The Morgan fingerprint density at radius 3 is 2.30 bits per heavy atom. The lowest BCUT2D eigenvalue weighted by atomic mass is 9.76. The molecule has 0 N–H and O–H groups in total. The zero-order valence-corrected chi connectivity index (χ0v) is 14.5. The molecule has 0 bridgehead atoms. The van der Waals surface area contributed by atoms with Crippen molar-refractivity contribution >= 4 is 26.0 Å². The Bertz CT molecular complexity index is 436. The van der Waals surface area contributed by atoms with E-state index in [0.29, 0.717) is 12.3 Å². The van der Waals surface area contributed by atoms with E-state index in [4.69, 9.17) is 11.6 Å². The highest BCUT2D eigenvalue weighted by molar-refractivity contribution is 6.80. The molecule has 3 heteroatoms. The number of carbonyl (C=O) groups is 1. The van der Waals surface area contributed by atoms with E-state index in [-0.39, 0.29) is 0 Å². The van der Waals surface area contributed by atoms with Crippen LogP contribution in [0.25, 0.3) is 0 Å². The van der Waals surface area contributed by atoms with Gasteiger partial charge in [0.2, 0.25) is 0 Å². The third-order valence-electron chi connectivity index (χ3n) is 3.49. The molecule has 0 spiro atoms. The molecule has 0 aliphatic carbocycles. The summed E-state index contributed by atoms with van der Waals surface area (Å²) in [6.07, 6.45) is 5.78. The summed E-state index contributed by atoms with van der Waals surface area (Å²) in [5.41, 5.74) is 2.98. The highest BCUT2D eigenvalue weighted by Gasteiger charge is 2.30. The van der Waals surface area contributed by atoms with Crippen molar-refractivity contribution < 1.29 is 4.79 Å². The summed E-state index contributed by atoms with van der Waals surface area (Å²) in [4.78, 5) is 11.7. The highest BCUT2D eigenvalue weighted by atomic mass is 35.5. The summed E-state index contributed by atoms with van der Waals surface area (Å²) in [7, 11) is -1.16. The molecule has 110 valence electrons. The molecule has 0 saturated heterocycles. The summed E-state index contributed by atoms with van der Waals surface area (Å²) in [5, 5.41) is 0. The van der Waals surface area contributed by atoms with Gasteiger partial charge in [-0.05, 0) is 24.8 Å². The first kappa shape index (κ1) is 17.2. The van der Waals surface area contributed by atoms with E-state index in [1.165, 1.54) is 0 Å². The van der Waals surface area contributed by atoms with E-state index in [1.54, 1.807) is 0 Å². The maximum absolute atomic E-state index is 11.7. The molecular weight excluding hydrogens is 284 g/mol. The zero-order valence-electron chi connectivity index (χ0n) is 12.7. The van der Waals surface area contributed by atoms with Crippen LogP contribution in [0, 0.1) is 0 Å².